The minimum absolute atomic E-state index is 0.352. The zero-order chi connectivity index (χ0) is 14.5. The van der Waals surface area contributed by atoms with E-state index in [0.29, 0.717) is 5.56 Å². The predicted molar refractivity (Wildman–Crippen MR) is 80.3 cm³/mol. The van der Waals surface area contributed by atoms with Gasteiger partial charge in [0, 0.05) is 18.0 Å². The molecule has 0 aliphatic heterocycles. The van der Waals surface area contributed by atoms with Crippen LogP contribution >= 0.6 is 0 Å². The fraction of sp³-hybridized carbons (Fsp3) is 0.176. The summed E-state index contributed by atoms with van der Waals surface area (Å²) in [6, 6.07) is 9.93. The highest BCUT2D eigenvalue weighted by molar-refractivity contribution is 5.95. The lowest BCUT2D eigenvalue weighted by Crippen LogP contribution is -2.04. The summed E-state index contributed by atoms with van der Waals surface area (Å²) in [5, 5.41) is 0. The smallest absolute Gasteiger partial charge is 0.338 e. The molecule has 0 saturated carbocycles. The number of aromatic nitrogens is 1. The van der Waals surface area contributed by atoms with E-state index in [4.69, 9.17) is 4.74 Å². The molecule has 0 bridgehead atoms. The van der Waals surface area contributed by atoms with Crippen LogP contribution in [0.1, 0.15) is 34.0 Å². The van der Waals surface area contributed by atoms with Crippen LogP contribution in [0, 0.1) is 6.92 Å². The Morgan fingerprint density at radius 3 is 2.55 bits per heavy atom. The number of esters is 1. The molecule has 2 aromatic rings. The van der Waals surface area contributed by atoms with E-state index < -0.39 is 0 Å². The Labute approximate surface area is 118 Å². The van der Waals surface area contributed by atoms with Crippen LogP contribution in [-0.2, 0) is 4.74 Å². The summed E-state index contributed by atoms with van der Waals surface area (Å²) in [6.45, 7) is 4.07. The van der Waals surface area contributed by atoms with E-state index in [0.717, 1.165) is 16.7 Å². The highest BCUT2D eigenvalue weighted by atomic mass is 16.5. The van der Waals surface area contributed by atoms with Crippen LogP contribution in [0.4, 0.5) is 0 Å². The molecular weight excluding hydrogens is 250 g/mol. The Hall–Kier alpha value is -2.42. The van der Waals surface area contributed by atoms with E-state index in [9.17, 15) is 4.79 Å². The number of ether oxygens (including phenoxy) is 1. The molecule has 0 amide bonds. The zero-order valence-electron chi connectivity index (χ0n) is 11.9. The zero-order valence-corrected chi connectivity index (χ0v) is 11.9. The third-order valence-electron chi connectivity index (χ3n) is 3.14. The summed E-state index contributed by atoms with van der Waals surface area (Å²) in [7, 11) is 1.38. The van der Waals surface area contributed by atoms with Gasteiger partial charge in [-0.1, -0.05) is 29.8 Å². The lowest BCUT2D eigenvalue weighted by molar-refractivity contribution is 0.0600. The molecule has 2 rings (SSSR count). The normalized spacial score (nSPS) is 11.2. The Balaban J connectivity index is 2.39. The van der Waals surface area contributed by atoms with Crippen molar-refractivity contribution in [2.75, 3.05) is 7.11 Å². The summed E-state index contributed by atoms with van der Waals surface area (Å²) < 4.78 is 4.78. The van der Waals surface area contributed by atoms with Crippen molar-refractivity contribution in [1.29, 1.82) is 0 Å². The molecule has 0 fully saturated rings. The van der Waals surface area contributed by atoms with Gasteiger partial charge in [0.05, 0.1) is 12.7 Å². The average molecular weight is 267 g/mol. The maximum atomic E-state index is 11.7. The summed E-state index contributed by atoms with van der Waals surface area (Å²) in [4.78, 5) is 15.8. The molecular formula is C17H17NO2. The molecule has 0 aliphatic rings. The van der Waals surface area contributed by atoms with Gasteiger partial charge in [-0.15, -0.1) is 0 Å². The quantitative estimate of drug-likeness (QED) is 0.795. The highest BCUT2D eigenvalue weighted by Crippen LogP contribution is 2.20. The first-order chi connectivity index (χ1) is 9.61. The molecule has 102 valence electrons. The molecule has 0 aliphatic carbocycles. The first-order valence-corrected chi connectivity index (χ1v) is 6.39. The van der Waals surface area contributed by atoms with Crippen molar-refractivity contribution < 1.29 is 9.53 Å². The van der Waals surface area contributed by atoms with E-state index in [2.05, 4.69) is 36.2 Å². The first kappa shape index (κ1) is 14.0. The van der Waals surface area contributed by atoms with Gasteiger partial charge < -0.3 is 4.74 Å². The Morgan fingerprint density at radius 2 is 1.90 bits per heavy atom. The van der Waals surface area contributed by atoms with Crippen LogP contribution in [0.2, 0.25) is 0 Å². The lowest BCUT2D eigenvalue weighted by Gasteiger charge is -2.06. The molecule has 0 radical (unpaired) electrons. The van der Waals surface area contributed by atoms with Crippen LogP contribution in [-0.4, -0.2) is 18.1 Å². The molecule has 1 heterocycles. The van der Waals surface area contributed by atoms with Gasteiger partial charge in [-0.25, -0.2) is 4.79 Å². The largest absolute Gasteiger partial charge is 0.465 e. The highest BCUT2D eigenvalue weighted by Gasteiger charge is 2.10. The fourth-order valence-electron chi connectivity index (χ4n) is 1.95. The average Bonchev–Trinajstić information content (AvgIpc) is 2.47. The molecule has 3 nitrogen and oxygen atoms in total. The number of allylic oxidation sites excluding steroid dienone is 1. The van der Waals surface area contributed by atoms with Crippen molar-refractivity contribution in [1.82, 2.24) is 4.98 Å². The molecule has 1 aromatic carbocycles. The van der Waals surface area contributed by atoms with Gasteiger partial charge >= 0.3 is 5.97 Å². The molecule has 1 aromatic heterocycles. The maximum absolute atomic E-state index is 11.7. The molecule has 0 unspecified atom stereocenters. The van der Waals surface area contributed by atoms with Crippen LogP contribution in [0.3, 0.4) is 0 Å². The molecule has 0 saturated heterocycles. The third-order valence-corrected chi connectivity index (χ3v) is 3.14. The van der Waals surface area contributed by atoms with E-state index in [1.165, 1.54) is 12.7 Å². The van der Waals surface area contributed by atoms with Crippen molar-refractivity contribution in [2.24, 2.45) is 0 Å². The van der Waals surface area contributed by atoms with Crippen molar-refractivity contribution >= 4 is 17.6 Å². The minimum atomic E-state index is -0.352. The number of carbonyl (C=O) groups excluding carboxylic acids is 1. The predicted octanol–water partition coefficient (Wildman–Crippen LogP) is 3.74. The second-order valence-electron chi connectivity index (χ2n) is 4.65. The van der Waals surface area contributed by atoms with Gasteiger partial charge in [0.2, 0.25) is 0 Å². The van der Waals surface area contributed by atoms with Crippen LogP contribution in [0.15, 0.2) is 42.7 Å². The first-order valence-electron chi connectivity index (χ1n) is 6.39. The molecule has 0 N–H and O–H groups in total. The number of aryl methyl sites for hydroxylation is 1. The number of benzene rings is 1. The molecule has 3 heteroatoms. The van der Waals surface area contributed by atoms with Gasteiger partial charge in [0.1, 0.15) is 0 Å². The van der Waals surface area contributed by atoms with Crippen molar-refractivity contribution in [3.63, 3.8) is 0 Å². The summed E-state index contributed by atoms with van der Waals surface area (Å²) in [5.41, 5.74) is 4.70. The van der Waals surface area contributed by atoms with Crippen LogP contribution in [0.5, 0.6) is 0 Å². The topological polar surface area (TPSA) is 39.2 Å². The SMILES string of the molecule is COC(=O)c1ccncc1/C=C(\C)c1ccc(C)cc1. The van der Waals surface area contributed by atoms with Crippen molar-refractivity contribution in [3.05, 3.63) is 65.0 Å². The third kappa shape index (κ3) is 3.12. The van der Waals surface area contributed by atoms with Crippen molar-refractivity contribution in [2.45, 2.75) is 13.8 Å². The van der Waals surface area contributed by atoms with Gasteiger partial charge in [0.25, 0.3) is 0 Å². The van der Waals surface area contributed by atoms with E-state index >= 15 is 0 Å². The standard InChI is InChI=1S/C17H17NO2/c1-12-4-6-14(7-5-12)13(2)10-15-11-18-9-8-16(15)17(19)20-3/h4-11H,1-3H3/b13-10+. The van der Waals surface area contributed by atoms with Crippen LogP contribution < -0.4 is 0 Å². The second-order valence-corrected chi connectivity index (χ2v) is 4.65. The number of rotatable bonds is 3. The number of carbonyl (C=O) groups is 1. The van der Waals surface area contributed by atoms with Gasteiger partial charge in [0.15, 0.2) is 0 Å². The summed E-state index contributed by atoms with van der Waals surface area (Å²) in [6.07, 6.45) is 5.21. The van der Waals surface area contributed by atoms with E-state index in [-0.39, 0.29) is 5.97 Å². The van der Waals surface area contributed by atoms with E-state index in [1.807, 2.05) is 13.0 Å². The van der Waals surface area contributed by atoms with Gasteiger partial charge in [-0.05, 0) is 37.1 Å². The van der Waals surface area contributed by atoms with Crippen LogP contribution in [0.25, 0.3) is 11.6 Å². The molecule has 0 atom stereocenters. The fourth-order valence-corrected chi connectivity index (χ4v) is 1.95. The Bertz CT molecular complexity index is 642. The number of pyridine rings is 1. The minimum Gasteiger partial charge on any atom is -0.465 e. The summed E-state index contributed by atoms with van der Waals surface area (Å²) in [5.74, 6) is -0.352. The number of methoxy groups -OCH3 is 1. The van der Waals surface area contributed by atoms with Gasteiger partial charge in [-0.3, -0.25) is 4.98 Å². The number of hydrogen-bond acceptors (Lipinski definition) is 3. The molecule has 0 spiro atoms. The Morgan fingerprint density at radius 1 is 1.20 bits per heavy atom. The molecule has 20 heavy (non-hydrogen) atoms. The number of hydrogen-bond donors (Lipinski definition) is 0. The lowest BCUT2D eigenvalue weighted by atomic mass is 10.0. The Kier molecular flexibility index (Phi) is 4.31. The van der Waals surface area contributed by atoms with Crippen molar-refractivity contribution in [3.8, 4) is 0 Å². The van der Waals surface area contributed by atoms with E-state index in [1.54, 1.807) is 18.5 Å². The number of nitrogens with zero attached hydrogens (tertiary/aromatic N) is 1. The van der Waals surface area contributed by atoms with Gasteiger partial charge in [-0.2, -0.15) is 0 Å². The monoisotopic (exact) mass is 267 g/mol. The summed E-state index contributed by atoms with van der Waals surface area (Å²) >= 11 is 0. The second kappa shape index (κ2) is 6.15. The maximum Gasteiger partial charge on any atom is 0.338 e.